The van der Waals surface area contributed by atoms with Crippen LogP contribution >= 0.6 is 12.4 Å². The molecule has 13 heavy (non-hydrogen) atoms. The zero-order valence-corrected chi connectivity index (χ0v) is 8.20. The first kappa shape index (κ1) is 12.4. The molecule has 4 heteroatoms. The van der Waals surface area contributed by atoms with Gasteiger partial charge in [-0.15, -0.1) is 12.4 Å². The zero-order chi connectivity index (χ0) is 8.81. The number of aliphatic hydroxyl groups excluding tert-OH is 1. The molecule has 1 aromatic heterocycles. The van der Waals surface area contributed by atoms with Crippen LogP contribution in [0, 0.1) is 0 Å². The van der Waals surface area contributed by atoms with Crippen molar-refractivity contribution in [2.24, 2.45) is 5.73 Å². The summed E-state index contributed by atoms with van der Waals surface area (Å²) in [5.74, 6) is 0. The van der Waals surface area contributed by atoms with Gasteiger partial charge in [0.1, 0.15) is 0 Å². The van der Waals surface area contributed by atoms with E-state index in [1.54, 1.807) is 12.4 Å². The van der Waals surface area contributed by atoms with Gasteiger partial charge in [0.25, 0.3) is 0 Å². The fourth-order valence-corrected chi connectivity index (χ4v) is 1.09. The van der Waals surface area contributed by atoms with E-state index in [0.717, 1.165) is 18.4 Å². The van der Waals surface area contributed by atoms with Gasteiger partial charge in [0.2, 0.25) is 0 Å². The third kappa shape index (κ3) is 4.22. The van der Waals surface area contributed by atoms with Gasteiger partial charge in [0.05, 0.1) is 0 Å². The van der Waals surface area contributed by atoms with Gasteiger partial charge in [-0.3, -0.25) is 4.98 Å². The Balaban J connectivity index is 0.00000144. The standard InChI is InChI=1S/C9H14N2O.ClH/c10-9(2-1-7-12)8-3-5-11-6-4-8;/h3-6,9,12H,1-2,7,10H2;1H/t9-;/m1./s1. The molecule has 0 aliphatic carbocycles. The van der Waals surface area contributed by atoms with Crippen LogP contribution in [0.1, 0.15) is 24.4 Å². The van der Waals surface area contributed by atoms with Crippen molar-refractivity contribution in [3.8, 4) is 0 Å². The molecule has 3 nitrogen and oxygen atoms in total. The lowest BCUT2D eigenvalue weighted by atomic mass is 10.1. The largest absolute Gasteiger partial charge is 0.396 e. The third-order valence-corrected chi connectivity index (χ3v) is 1.81. The van der Waals surface area contributed by atoms with Crippen molar-refractivity contribution >= 4 is 12.4 Å². The number of nitrogens with two attached hydrogens (primary N) is 1. The number of rotatable bonds is 4. The van der Waals surface area contributed by atoms with Crippen molar-refractivity contribution < 1.29 is 5.11 Å². The number of hydrogen-bond acceptors (Lipinski definition) is 3. The van der Waals surface area contributed by atoms with Crippen molar-refractivity contribution in [1.82, 2.24) is 4.98 Å². The van der Waals surface area contributed by atoms with Crippen LogP contribution in [0.3, 0.4) is 0 Å². The van der Waals surface area contributed by atoms with Gasteiger partial charge in [-0.05, 0) is 30.5 Å². The highest BCUT2D eigenvalue weighted by Gasteiger charge is 2.03. The van der Waals surface area contributed by atoms with E-state index < -0.39 is 0 Å². The number of pyridine rings is 1. The second kappa shape index (κ2) is 6.83. The maximum Gasteiger partial charge on any atom is 0.0431 e. The van der Waals surface area contributed by atoms with Crippen LogP contribution in [0.2, 0.25) is 0 Å². The summed E-state index contributed by atoms with van der Waals surface area (Å²) in [6, 6.07) is 3.84. The average molecular weight is 203 g/mol. The Kier molecular flexibility index (Phi) is 6.49. The predicted molar refractivity (Wildman–Crippen MR) is 54.7 cm³/mol. The zero-order valence-electron chi connectivity index (χ0n) is 7.39. The lowest BCUT2D eigenvalue weighted by Gasteiger charge is -2.09. The SMILES string of the molecule is Cl.N[C@H](CCCO)c1ccncc1. The minimum absolute atomic E-state index is 0. The molecule has 74 valence electrons. The highest BCUT2D eigenvalue weighted by Crippen LogP contribution is 2.13. The first-order valence-electron chi connectivity index (χ1n) is 4.11. The van der Waals surface area contributed by atoms with Crippen LogP contribution in [0.5, 0.6) is 0 Å². The Labute approximate surface area is 84.4 Å². The van der Waals surface area contributed by atoms with E-state index in [2.05, 4.69) is 4.98 Å². The number of aromatic nitrogens is 1. The minimum Gasteiger partial charge on any atom is -0.396 e. The van der Waals surface area contributed by atoms with Gasteiger partial charge in [-0.1, -0.05) is 0 Å². The summed E-state index contributed by atoms with van der Waals surface area (Å²) in [7, 11) is 0. The molecule has 0 bridgehead atoms. The molecular formula is C9H15ClN2O. The van der Waals surface area contributed by atoms with Gasteiger partial charge in [-0.2, -0.15) is 0 Å². The summed E-state index contributed by atoms with van der Waals surface area (Å²) in [5.41, 5.74) is 6.92. The summed E-state index contributed by atoms with van der Waals surface area (Å²) in [5, 5.41) is 8.59. The normalized spacial score (nSPS) is 11.8. The summed E-state index contributed by atoms with van der Waals surface area (Å²) < 4.78 is 0. The van der Waals surface area contributed by atoms with Crippen molar-refractivity contribution in [3.05, 3.63) is 30.1 Å². The molecule has 0 amide bonds. The molecule has 1 rings (SSSR count). The molecular weight excluding hydrogens is 188 g/mol. The highest BCUT2D eigenvalue weighted by molar-refractivity contribution is 5.85. The molecule has 0 fully saturated rings. The van der Waals surface area contributed by atoms with E-state index >= 15 is 0 Å². The summed E-state index contributed by atoms with van der Waals surface area (Å²) in [6.45, 7) is 0.207. The fraction of sp³-hybridized carbons (Fsp3) is 0.444. The Bertz CT molecular complexity index is 218. The molecule has 0 aromatic carbocycles. The topological polar surface area (TPSA) is 59.1 Å². The molecule has 1 aromatic rings. The van der Waals surface area contributed by atoms with Crippen molar-refractivity contribution in [2.75, 3.05) is 6.61 Å². The first-order chi connectivity index (χ1) is 5.84. The Morgan fingerprint density at radius 3 is 2.54 bits per heavy atom. The van der Waals surface area contributed by atoms with Crippen LogP contribution in [0.15, 0.2) is 24.5 Å². The summed E-state index contributed by atoms with van der Waals surface area (Å²) in [6.07, 6.45) is 5.03. The maximum absolute atomic E-state index is 8.59. The lowest BCUT2D eigenvalue weighted by molar-refractivity contribution is 0.280. The molecule has 0 unspecified atom stereocenters. The molecule has 0 aliphatic heterocycles. The molecule has 1 heterocycles. The number of aliphatic hydroxyl groups is 1. The van der Waals surface area contributed by atoms with E-state index in [1.807, 2.05) is 12.1 Å². The first-order valence-corrected chi connectivity index (χ1v) is 4.11. The smallest absolute Gasteiger partial charge is 0.0431 e. The Hall–Kier alpha value is -0.640. The van der Waals surface area contributed by atoms with Crippen LogP contribution in [0.25, 0.3) is 0 Å². The average Bonchev–Trinajstić information content (AvgIpc) is 2.15. The highest BCUT2D eigenvalue weighted by atomic mass is 35.5. The molecule has 0 spiro atoms. The van der Waals surface area contributed by atoms with E-state index in [1.165, 1.54) is 0 Å². The monoisotopic (exact) mass is 202 g/mol. The summed E-state index contributed by atoms with van der Waals surface area (Å²) >= 11 is 0. The lowest BCUT2D eigenvalue weighted by Crippen LogP contribution is -2.10. The van der Waals surface area contributed by atoms with Gasteiger partial charge in [0.15, 0.2) is 0 Å². The van der Waals surface area contributed by atoms with Gasteiger partial charge >= 0.3 is 0 Å². The fourth-order valence-electron chi connectivity index (χ4n) is 1.09. The number of nitrogens with zero attached hydrogens (tertiary/aromatic N) is 1. The second-order valence-corrected chi connectivity index (χ2v) is 2.75. The van der Waals surface area contributed by atoms with E-state index in [4.69, 9.17) is 10.8 Å². The molecule has 0 radical (unpaired) electrons. The van der Waals surface area contributed by atoms with Crippen LogP contribution in [-0.4, -0.2) is 16.7 Å². The molecule has 0 aliphatic rings. The van der Waals surface area contributed by atoms with Crippen molar-refractivity contribution in [1.29, 1.82) is 0 Å². The quantitative estimate of drug-likeness (QED) is 0.773. The molecule has 1 atom stereocenters. The maximum atomic E-state index is 8.59. The third-order valence-electron chi connectivity index (χ3n) is 1.81. The van der Waals surface area contributed by atoms with Crippen LogP contribution in [-0.2, 0) is 0 Å². The summed E-state index contributed by atoms with van der Waals surface area (Å²) in [4.78, 5) is 3.90. The molecule has 3 N–H and O–H groups in total. The molecule has 0 saturated carbocycles. The Morgan fingerprint density at radius 1 is 1.38 bits per heavy atom. The second-order valence-electron chi connectivity index (χ2n) is 2.75. The van der Waals surface area contributed by atoms with Crippen molar-refractivity contribution in [3.63, 3.8) is 0 Å². The van der Waals surface area contributed by atoms with Gasteiger partial charge in [-0.25, -0.2) is 0 Å². The van der Waals surface area contributed by atoms with E-state index in [0.29, 0.717) is 0 Å². The minimum atomic E-state index is 0. The molecule has 0 saturated heterocycles. The number of halogens is 1. The van der Waals surface area contributed by atoms with E-state index in [9.17, 15) is 0 Å². The Morgan fingerprint density at radius 2 is 2.00 bits per heavy atom. The van der Waals surface area contributed by atoms with Crippen LogP contribution < -0.4 is 5.73 Å². The van der Waals surface area contributed by atoms with Gasteiger partial charge in [0, 0.05) is 25.0 Å². The predicted octanol–water partition coefficient (Wildman–Crippen LogP) is 1.28. The van der Waals surface area contributed by atoms with Gasteiger partial charge < -0.3 is 10.8 Å². The van der Waals surface area contributed by atoms with E-state index in [-0.39, 0.29) is 25.1 Å². The van der Waals surface area contributed by atoms with Crippen LogP contribution in [0.4, 0.5) is 0 Å². The van der Waals surface area contributed by atoms with Crippen molar-refractivity contribution in [2.45, 2.75) is 18.9 Å². The number of hydrogen-bond donors (Lipinski definition) is 2.